The van der Waals surface area contributed by atoms with Crippen molar-refractivity contribution in [2.75, 3.05) is 19.6 Å². The fourth-order valence-corrected chi connectivity index (χ4v) is 2.97. The van der Waals surface area contributed by atoms with Gasteiger partial charge in [-0.2, -0.15) is 0 Å². The van der Waals surface area contributed by atoms with Crippen molar-refractivity contribution in [1.82, 2.24) is 16.0 Å². The zero-order valence-corrected chi connectivity index (χ0v) is 20.8. The molecular weight excluding hydrogens is 448 g/mol. The molecule has 0 bridgehead atoms. The molecule has 0 saturated heterocycles. The van der Waals surface area contributed by atoms with Crippen LogP contribution in [0, 0.1) is 23.0 Å². The molecule has 0 aliphatic heterocycles. The highest BCUT2D eigenvalue weighted by atomic mass is 19.1. The van der Waals surface area contributed by atoms with E-state index in [0.717, 1.165) is 18.2 Å². The van der Waals surface area contributed by atoms with E-state index in [2.05, 4.69) is 16.0 Å². The van der Waals surface area contributed by atoms with Gasteiger partial charge >= 0.3 is 6.09 Å². The molecule has 0 spiro atoms. The van der Waals surface area contributed by atoms with E-state index in [0.29, 0.717) is 0 Å². The minimum atomic E-state index is -1.46. The first-order valence-electron chi connectivity index (χ1n) is 11.2. The number of aliphatic hydroxyl groups excluding tert-OH is 1. The van der Waals surface area contributed by atoms with Gasteiger partial charge in [-0.05, 0) is 62.3 Å². The molecule has 2 atom stereocenters. The van der Waals surface area contributed by atoms with Crippen LogP contribution in [0.15, 0.2) is 18.2 Å². The third-order valence-electron chi connectivity index (χ3n) is 4.76. The summed E-state index contributed by atoms with van der Waals surface area (Å²) in [6, 6.07) is 3.25. The van der Waals surface area contributed by atoms with Crippen molar-refractivity contribution in [1.29, 1.82) is 0 Å². The van der Waals surface area contributed by atoms with E-state index in [1.807, 2.05) is 13.8 Å². The van der Waals surface area contributed by atoms with Crippen molar-refractivity contribution >= 4 is 17.9 Å². The number of amides is 3. The van der Waals surface area contributed by atoms with Gasteiger partial charge in [-0.1, -0.05) is 20.8 Å². The molecule has 0 radical (unpaired) electrons. The van der Waals surface area contributed by atoms with E-state index in [-0.39, 0.29) is 49.9 Å². The lowest BCUT2D eigenvalue weighted by Crippen LogP contribution is -2.48. The van der Waals surface area contributed by atoms with Gasteiger partial charge in [0.25, 0.3) is 5.91 Å². The fourth-order valence-electron chi connectivity index (χ4n) is 2.97. The third-order valence-corrected chi connectivity index (χ3v) is 4.76. The van der Waals surface area contributed by atoms with Crippen LogP contribution in [0.4, 0.5) is 13.6 Å². The Hall–Kier alpha value is -2.75. The van der Waals surface area contributed by atoms with E-state index in [1.54, 1.807) is 27.7 Å². The summed E-state index contributed by atoms with van der Waals surface area (Å²) >= 11 is 0. The van der Waals surface area contributed by atoms with Gasteiger partial charge in [-0.15, -0.1) is 0 Å². The molecule has 0 aromatic heterocycles. The molecule has 1 aromatic rings. The predicted octanol–water partition coefficient (Wildman–Crippen LogP) is 2.68. The van der Waals surface area contributed by atoms with Crippen LogP contribution in [0.3, 0.4) is 0 Å². The van der Waals surface area contributed by atoms with Crippen LogP contribution in [0.25, 0.3) is 0 Å². The first-order chi connectivity index (χ1) is 15.6. The summed E-state index contributed by atoms with van der Waals surface area (Å²) in [5, 5.41) is 17.6. The van der Waals surface area contributed by atoms with Gasteiger partial charge in [0.2, 0.25) is 5.91 Å². The number of halogens is 2. The van der Waals surface area contributed by atoms with Gasteiger partial charge in [-0.3, -0.25) is 9.59 Å². The molecule has 1 aromatic carbocycles. The second kappa shape index (κ2) is 12.6. The number of alkyl carbamates (subject to hydrolysis) is 1. The molecule has 0 heterocycles. The minimum Gasteiger partial charge on any atom is -0.444 e. The highest BCUT2D eigenvalue weighted by Crippen LogP contribution is 2.17. The van der Waals surface area contributed by atoms with Gasteiger partial charge < -0.3 is 25.8 Å². The molecule has 4 N–H and O–H groups in total. The summed E-state index contributed by atoms with van der Waals surface area (Å²) in [6.07, 6.45) is -1.84. The maximum absolute atomic E-state index is 13.8. The predicted molar refractivity (Wildman–Crippen MR) is 124 cm³/mol. The van der Waals surface area contributed by atoms with E-state index in [4.69, 9.17) is 4.74 Å². The number of benzene rings is 1. The number of carbonyl (C=O) groups is 3. The first-order valence-corrected chi connectivity index (χ1v) is 11.2. The number of aliphatic hydroxyl groups is 1. The summed E-state index contributed by atoms with van der Waals surface area (Å²) in [6.45, 7) is 10.6. The van der Waals surface area contributed by atoms with E-state index in [9.17, 15) is 28.3 Å². The second-order valence-electron chi connectivity index (χ2n) is 10.3. The van der Waals surface area contributed by atoms with Crippen LogP contribution < -0.4 is 16.0 Å². The van der Waals surface area contributed by atoms with Gasteiger partial charge in [0.05, 0.1) is 6.54 Å². The monoisotopic (exact) mass is 485 g/mol. The van der Waals surface area contributed by atoms with Gasteiger partial charge in [-0.25, -0.2) is 13.6 Å². The molecule has 10 heteroatoms. The first kappa shape index (κ1) is 29.3. The summed E-state index contributed by atoms with van der Waals surface area (Å²) in [4.78, 5) is 36.0. The molecule has 3 amide bonds. The van der Waals surface area contributed by atoms with Crippen LogP contribution in [0.2, 0.25) is 0 Å². The number of hydrogen-bond acceptors (Lipinski definition) is 5. The Labute approximate surface area is 199 Å². The van der Waals surface area contributed by atoms with Crippen molar-refractivity contribution in [3.63, 3.8) is 0 Å². The van der Waals surface area contributed by atoms with Crippen LogP contribution in [0.1, 0.15) is 53.5 Å². The largest absolute Gasteiger partial charge is 0.444 e. The molecule has 8 nitrogen and oxygen atoms in total. The Kier molecular flexibility index (Phi) is 10.9. The summed E-state index contributed by atoms with van der Waals surface area (Å²) < 4.78 is 32.1. The summed E-state index contributed by atoms with van der Waals surface area (Å²) in [7, 11) is 0. The van der Waals surface area contributed by atoms with Crippen molar-refractivity contribution in [3.8, 4) is 0 Å². The molecule has 34 heavy (non-hydrogen) atoms. The van der Waals surface area contributed by atoms with Crippen LogP contribution in [-0.2, 0) is 20.7 Å². The van der Waals surface area contributed by atoms with Gasteiger partial charge in [0.15, 0.2) is 0 Å². The molecule has 0 aliphatic rings. The maximum atomic E-state index is 13.8. The van der Waals surface area contributed by atoms with Crippen molar-refractivity contribution in [3.05, 3.63) is 35.4 Å². The molecule has 0 fully saturated rings. The van der Waals surface area contributed by atoms with Gasteiger partial charge in [0.1, 0.15) is 23.3 Å². The van der Waals surface area contributed by atoms with Crippen molar-refractivity contribution in [2.45, 2.75) is 66.1 Å². The Bertz CT molecular complexity index is 856. The molecule has 1 rings (SSSR count). The summed E-state index contributed by atoms with van der Waals surface area (Å²) in [5.41, 5.74) is -0.996. The lowest BCUT2D eigenvalue weighted by Gasteiger charge is -2.26. The van der Waals surface area contributed by atoms with E-state index < -0.39 is 40.8 Å². The van der Waals surface area contributed by atoms with Crippen molar-refractivity contribution < 1.29 is 33.0 Å². The van der Waals surface area contributed by atoms with Crippen LogP contribution >= 0.6 is 0 Å². The SMILES string of the molecule is CC(CC(=O)NCC(C)(C)CNC(=O)[C@@H](O)CNC(=O)OC(C)(C)C)Cc1cc(F)ccc1F. The fraction of sp³-hybridized carbons (Fsp3) is 0.625. The molecule has 0 aliphatic carbocycles. The maximum Gasteiger partial charge on any atom is 0.407 e. The topological polar surface area (TPSA) is 117 Å². The lowest BCUT2D eigenvalue weighted by atomic mass is 9.92. The Morgan fingerprint density at radius 2 is 1.65 bits per heavy atom. The standard InChI is InChI=1S/C24H37F2N3O5/c1-15(9-16-11-17(25)7-8-18(16)26)10-20(31)28-13-24(5,6)14-29-21(32)19(30)12-27-22(33)34-23(2,3)4/h7-8,11,15,19,30H,9-10,12-14H2,1-6H3,(H,27,33)(H,28,31)(H,29,32)/t15?,19-/m0/s1. The number of ether oxygens (including phenoxy) is 1. The smallest absolute Gasteiger partial charge is 0.407 e. The Morgan fingerprint density at radius 1 is 1.03 bits per heavy atom. The van der Waals surface area contributed by atoms with Crippen LogP contribution in [0.5, 0.6) is 0 Å². The van der Waals surface area contributed by atoms with Gasteiger partial charge in [0, 0.05) is 19.5 Å². The van der Waals surface area contributed by atoms with Crippen molar-refractivity contribution in [2.24, 2.45) is 11.3 Å². The third kappa shape index (κ3) is 11.9. The normalized spacial score (nSPS) is 13.6. The quantitative estimate of drug-likeness (QED) is 0.385. The number of carbonyl (C=O) groups excluding carboxylic acids is 3. The molecule has 0 saturated carbocycles. The van der Waals surface area contributed by atoms with E-state index in [1.165, 1.54) is 0 Å². The summed E-state index contributed by atoms with van der Waals surface area (Å²) in [5.74, 6) is -2.14. The minimum absolute atomic E-state index is 0.132. The molecule has 1 unspecified atom stereocenters. The number of hydrogen-bond donors (Lipinski definition) is 4. The van der Waals surface area contributed by atoms with Crippen LogP contribution in [-0.4, -0.2) is 54.4 Å². The number of rotatable bonds is 11. The second-order valence-corrected chi connectivity index (χ2v) is 10.3. The average Bonchev–Trinajstić information content (AvgIpc) is 2.70. The lowest BCUT2D eigenvalue weighted by molar-refractivity contribution is -0.129. The average molecular weight is 486 g/mol. The molecular formula is C24H37F2N3O5. The number of nitrogens with one attached hydrogen (secondary N) is 3. The highest BCUT2D eigenvalue weighted by molar-refractivity contribution is 5.81. The zero-order valence-electron chi connectivity index (χ0n) is 20.8. The molecule has 192 valence electrons. The highest BCUT2D eigenvalue weighted by Gasteiger charge is 2.24. The Balaban J connectivity index is 2.38. The Morgan fingerprint density at radius 3 is 2.26 bits per heavy atom. The zero-order chi connectivity index (χ0) is 26.1. The van der Waals surface area contributed by atoms with E-state index >= 15 is 0 Å².